The Morgan fingerprint density at radius 2 is 2.06 bits per heavy atom. The number of thioether (sulfide) groups is 1. The van der Waals surface area contributed by atoms with Crippen LogP contribution in [0.5, 0.6) is 0 Å². The maximum Gasteiger partial charge on any atom is 0.365 e. The number of carbonyl (C=O) groups is 1. The number of aliphatic hydroxyl groups excluding tert-OH is 1. The van der Waals surface area contributed by atoms with Gasteiger partial charge < -0.3 is 10.2 Å². The van der Waals surface area contributed by atoms with E-state index in [2.05, 4.69) is 4.98 Å². The molecule has 1 aromatic heterocycles. The van der Waals surface area contributed by atoms with Gasteiger partial charge in [-0.2, -0.15) is 0 Å². The monoisotopic (exact) mass is 281 g/mol. The molecule has 0 aliphatic rings. The molecule has 94 valence electrons. The molecule has 0 bridgehead atoms. The molecule has 0 spiro atoms. The Bertz CT molecular complexity index is 537. The zero-order valence-corrected chi connectivity index (χ0v) is 11.0. The molecule has 2 aromatic rings. The highest BCUT2D eigenvalue weighted by atomic mass is 32.2. The highest BCUT2D eigenvalue weighted by Crippen LogP contribution is 2.24. The van der Waals surface area contributed by atoms with Crippen LogP contribution in [0.15, 0.2) is 34.5 Å². The molecule has 2 N–H and O–H groups in total. The third-order valence-corrected chi connectivity index (χ3v) is 4.15. The largest absolute Gasteiger partial charge is 0.476 e. The van der Waals surface area contributed by atoms with E-state index < -0.39 is 5.97 Å². The predicted octanol–water partition coefficient (Wildman–Crippen LogP) is 2.63. The number of thiazole rings is 1. The highest BCUT2D eigenvalue weighted by molar-refractivity contribution is 7.98. The molecule has 0 unspecified atom stereocenters. The number of benzene rings is 1. The van der Waals surface area contributed by atoms with Crippen LogP contribution in [0.3, 0.4) is 0 Å². The van der Waals surface area contributed by atoms with Crippen LogP contribution in [0.25, 0.3) is 0 Å². The minimum atomic E-state index is -0.983. The van der Waals surface area contributed by atoms with Crippen LogP contribution in [0.1, 0.15) is 21.1 Å². The zero-order valence-electron chi connectivity index (χ0n) is 9.37. The molecular weight excluding hydrogens is 270 g/mol. The molecule has 0 aliphatic carbocycles. The van der Waals surface area contributed by atoms with Gasteiger partial charge in [-0.25, -0.2) is 9.78 Å². The number of carboxylic acids is 1. The van der Waals surface area contributed by atoms with Gasteiger partial charge in [0, 0.05) is 16.0 Å². The van der Waals surface area contributed by atoms with Gasteiger partial charge in [-0.15, -0.1) is 23.1 Å². The summed E-state index contributed by atoms with van der Waals surface area (Å²) < 4.78 is 0. The Morgan fingerprint density at radius 3 is 2.61 bits per heavy atom. The first kappa shape index (κ1) is 13.1. The molecule has 0 fully saturated rings. The summed E-state index contributed by atoms with van der Waals surface area (Å²) in [6, 6.07) is 7.60. The van der Waals surface area contributed by atoms with Crippen molar-refractivity contribution >= 4 is 29.1 Å². The molecule has 1 heterocycles. The summed E-state index contributed by atoms with van der Waals surface area (Å²) in [6.07, 6.45) is 0. The highest BCUT2D eigenvalue weighted by Gasteiger charge is 2.08. The van der Waals surface area contributed by atoms with E-state index >= 15 is 0 Å². The minimum absolute atomic E-state index is 0.0407. The van der Waals surface area contributed by atoms with E-state index in [1.54, 1.807) is 17.1 Å². The molecule has 0 aliphatic heterocycles. The first-order chi connectivity index (χ1) is 8.69. The maximum atomic E-state index is 10.7. The molecule has 0 atom stereocenters. The first-order valence-electron chi connectivity index (χ1n) is 5.19. The molecular formula is C12H11NO3S2. The summed E-state index contributed by atoms with van der Waals surface area (Å²) >= 11 is 2.73. The van der Waals surface area contributed by atoms with Crippen LogP contribution < -0.4 is 0 Å². The summed E-state index contributed by atoms with van der Waals surface area (Å²) in [6.45, 7) is 0.0407. The van der Waals surface area contributed by atoms with E-state index in [0.29, 0.717) is 5.75 Å². The number of aromatic carboxylic acids is 1. The van der Waals surface area contributed by atoms with Crippen molar-refractivity contribution in [2.75, 3.05) is 0 Å². The van der Waals surface area contributed by atoms with Crippen LogP contribution in [-0.4, -0.2) is 21.2 Å². The summed E-state index contributed by atoms with van der Waals surface area (Å²) in [5, 5.41) is 19.6. The lowest BCUT2D eigenvalue weighted by Crippen LogP contribution is -1.94. The molecule has 18 heavy (non-hydrogen) atoms. The second kappa shape index (κ2) is 5.99. The lowest BCUT2D eigenvalue weighted by atomic mass is 10.2. The predicted molar refractivity (Wildman–Crippen MR) is 71.0 cm³/mol. The van der Waals surface area contributed by atoms with Crippen LogP contribution in [-0.2, 0) is 12.4 Å². The van der Waals surface area contributed by atoms with Gasteiger partial charge in [0.1, 0.15) is 0 Å². The molecule has 0 amide bonds. The molecule has 4 nitrogen and oxygen atoms in total. The van der Waals surface area contributed by atoms with E-state index in [0.717, 1.165) is 27.5 Å². The Hall–Kier alpha value is -1.37. The van der Waals surface area contributed by atoms with Crippen LogP contribution in [0, 0.1) is 0 Å². The Labute approximate surface area is 112 Å². The lowest BCUT2D eigenvalue weighted by Gasteiger charge is -2.00. The van der Waals surface area contributed by atoms with Crippen molar-refractivity contribution < 1.29 is 15.0 Å². The lowest BCUT2D eigenvalue weighted by molar-refractivity contribution is 0.0696. The fourth-order valence-electron chi connectivity index (χ4n) is 1.32. The number of rotatable bonds is 5. The van der Waals surface area contributed by atoms with Crippen molar-refractivity contribution in [1.82, 2.24) is 4.98 Å². The Kier molecular flexibility index (Phi) is 4.35. The molecule has 0 radical (unpaired) electrons. The third kappa shape index (κ3) is 3.32. The van der Waals surface area contributed by atoms with E-state index in [1.165, 1.54) is 0 Å². The SMILES string of the molecule is O=C(O)c1nc(CSc2ccc(CO)cc2)cs1. The fraction of sp³-hybridized carbons (Fsp3) is 0.167. The number of hydrogen-bond acceptors (Lipinski definition) is 5. The van der Waals surface area contributed by atoms with Gasteiger partial charge in [0.05, 0.1) is 12.3 Å². The maximum absolute atomic E-state index is 10.7. The smallest absolute Gasteiger partial charge is 0.365 e. The van der Waals surface area contributed by atoms with E-state index in [4.69, 9.17) is 10.2 Å². The standard InChI is InChI=1S/C12H11NO3S2/c14-5-8-1-3-10(4-2-8)17-6-9-7-18-11(13-9)12(15)16/h1-4,7,14H,5-6H2,(H,15,16). The molecule has 1 aromatic carbocycles. The average Bonchev–Trinajstić information content (AvgIpc) is 2.86. The Morgan fingerprint density at radius 1 is 1.33 bits per heavy atom. The average molecular weight is 281 g/mol. The van der Waals surface area contributed by atoms with Crippen molar-refractivity contribution in [3.8, 4) is 0 Å². The van der Waals surface area contributed by atoms with Gasteiger partial charge in [-0.1, -0.05) is 12.1 Å². The topological polar surface area (TPSA) is 70.4 Å². The zero-order chi connectivity index (χ0) is 13.0. The second-order valence-corrected chi connectivity index (χ2v) is 5.45. The van der Waals surface area contributed by atoms with Crippen molar-refractivity contribution in [3.63, 3.8) is 0 Å². The van der Waals surface area contributed by atoms with Crippen LogP contribution in [0.4, 0.5) is 0 Å². The van der Waals surface area contributed by atoms with Gasteiger partial charge in [-0.05, 0) is 17.7 Å². The molecule has 2 rings (SSSR count). The van der Waals surface area contributed by atoms with Gasteiger partial charge in [-0.3, -0.25) is 0 Å². The second-order valence-electron chi connectivity index (χ2n) is 3.54. The number of carboxylic acid groups (broad SMARTS) is 1. The van der Waals surface area contributed by atoms with E-state index in [-0.39, 0.29) is 11.6 Å². The van der Waals surface area contributed by atoms with Crippen molar-refractivity contribution in [1.29, 1.82) is 0 Å². The molecule has 0 saturated heterocycles. The summed E-state index contributed by atoms with van der Waals surface area (Å²) in [5.74, 6) is -0.342. The Balaban J connectivity index is 1.95. The quantitative estimate of drug-likeness (QED) is 0.824. The number of hydrogen-bond donors (Lipinski definition) is 2. The normalized spacial score (nSPS) is 10.5. The summed E-state index contributed by atoms with van der Waals surface area (Å²) in [5.41, 5.74) is 1.65. The van der Waals surface area contributed by atoms with E-state index in [9.17, 15) is 4.79 Å². The van der Waals surface area contributed by atoms with Crippen molar-refractivity contribution in [2.45, 2.75) is 17.3 Å². The van der Waals surface area contributed by atoms with Crippen LogP contribution >= 0.6 is 23.1 Å². The van der Waals surface area contributed by atoms with Gasteiger partial charge in [0.2, 0.25) is 5.01 Å². The summed E-state index contributed by atoms with van der Waals surface area (Å²) in [4.78, 5) is 15.8. The number of nitrogens with zero attached hydrogens (tertiary/aromatic N) is 1. The van der Waals surface area contributed by atoms with Gasteiger partial charge in [0.25, 0.3) is 0 Å². The van der Waals surface area contributed by atoms with Crippen molar-refractivity contribution in [3.05, 3.63) is 45.9 Å². The van der Waals surface area contributed by atoms with Gasteiger partial charge in [0.15, 0.2) is 0 Å². The number of aliphatic hydroxyl groups is 1. The third-order valence-electron chi connectivity index (χ3n) is 2.23. The summed E-state index contributed by atoms with van der Waals surface area (Å²) in [7, 11) is 0. The van der Waals surface area contributed by atoms with Crippen molar-refractivity contribution in [2.24, 2.45) is 0 Å². The number of aromatic nitrogens is 1. The molecule has 0 saturated carbocycles. The van der Waals surface area contributed by atoms with Crippen LogP contribution in [0.2, 0.25) is 0 Å². The minimum Gasteiger partial charge on any atom is -0.476 e. The van der Waals surface area contributed by atoms with E-state index in [1.807, 2.05) is 24.3 Å². The molecule has 6 heteroatoms. The first-order valence-corrected chi connectivity index (χ1v) is 7.06. The fourth-order valence-corrected chi connectivity index (χ4v) is 2.87. The van der Waals surface area contributed by atoms with Gasteiger partial charge >= 0.3 is 5.97 Å².